The first kappa shape index (κ1) is 18.0. The van der Waals surface area contributed by atoms with Crippen LogP contribution in [0.4, 0.5) is 0 Å². The maximum Gasteiger partial charge on any atom is 0.188 e. The average Bonchev–Trinajstić information content (AvgIpc) is 2.33. The van der Waals surface area contributed by atoms with Gasteiger partial charge in [-0.3, -0.25) is 10.2 Å². The highest BCUT2D eigenvalue weighted by atomic mass is 16.1. The molecule has 0 amide bonds. The van der Waals surface area contributed by atoms with Crippen LogP contribution in [-0.2, 0) is 4.79 Å². The number of carbonyl (C=O) groups excluding carboxylic acids is 1. The van der Waals surface area contributed by atoms with Crippen molar-refractivity contribution in [1.29, 1.82) is 5.41 Å². The Morgan fingerprint density at radius 1 is 1.19 bits per heavy atom. The van der Waals surface area contributed by atoms with Crippen LogP contribution in [0.25, 0.3) is 0 Å². The van der Waals surface area contributed by atoms with E-state index in [1.165, 1.54) is 0 Å². The summed E-state index contributed by atoms with van der Waals surface area (Å²) in [6.07, 6.45) is 1.80. The number of nitrogens with zero attached hydrogens (tertiary/aromatic N) is 1. The van der Waals surface area contributed by atoms with Gasteiger partial charge >= 0.3 is 0 Å². The van der Waals surface area contributed by atoms with Crippen LogP contribution in [0.2, 0.25) is 0 Å². The second-order valence-electron chi connectivity index (χ2n) is 8.20. The van der Waals surface area contributed by atoms with Crippen LogP contribution in [0.15, 0.2) is 0 Å². The molecule has 0 saturated carbocycles. The molecule has 4 N–H and O–H groups in total. The molecule has 0 unspecified atom stereocenters. The van der Waals surface area contributed by atoms with E-state index >= 15 is 0 Å². The number of guanidine groups is 1. The van der Waals surface area contributed by atoms with E-state index < -0.39 is 0 Å². The van der Waals surface area contributed by atoms with Crippen molar-refractivity contribution in [2.24, 2.45) is 17.1 Å². The molecule has 0 aliphatic carbocycles. The number of hydrogen-bond acceptors (Lipinski definition) is 3. The van der Waals surface area contributed by atoms with Crippen molar-refractivity contribution in [2.75, 3.05) is 13.1 Å². The molecular weight excluding hydrogens is 264 g/mol. The van der Waals surface area contributed by atoms with Crippen LogP contribution in [-0.4, -0.2) is 41.3 Å². The van der Waals surface area contributed by atoms with Crippen LogP contribution in [0.1, 0.15) is 54.4 Å². The van der Waals surface area contributed by atoms with E-state index in [1.807, 2.05) is 25.7 Å². The fourth-order valence-corrected chi connectivity index (χ4v) is 2.80. The van der Waals surface area contributed by atoms with Crippen LogP contribution >= 0.6 is 0 Å². The number of Topliss-reactive ketones (excluding diaryl/α,β-unsaturated/α-hetero) is 1. The Balaban J connectivity index is 2.84. The van der Waals surface area contributed by atoms with Crippen molar-refractivity contribution in [3.8, 4) is 0 Å². The van der Waals surface area contributed by atoms with Crippen molar-refractivity contribution >= 4 is 11.7 Å². The van der Waals surface area contributed by atoms with Gasteiger partial charge < -0.3 is 16.0 Å². The summed E-state index contributed by atoms with van der Waals surface area (Å²) in [6, 6.07) is -0.126. The zero-order valence-corrected chi connectivity index (χ0v) is 14.4. The Morgan fingerprint density at radius 3 is 2.00 bits per heavy atom. The number of ketones is 1. The third-order valence-corrected chi connectivity index (χ3v) is 3.96. The minimum absolute atomic E-state index is 0.0940. The minimum atomic E-state index is -0.347. The molecule has 21 heavy (non-hydrogen) atoms. The van der Waals surface area contributed by atoms with Gasteiger partial charge in [-0.25, -0.2) is 0 Å². The predicted molar refractivity (Wildman–Crippen MR) is 87.3 cm³/mol. The standard InChI is InChI=1S/C16H32N4O/c1-15(2,3)13(21)12(19-16(4,5)6)11-7-9-20(10-8-11)14(17)18/h11-12,19H,7-10H2,1-6H3,(H3,17,18)/t12-/m1/s1. The van der Waals surface area contributed by atoms with Crippen molar-refractivity contribution in [1.82, 2.24) is 10.2 Å². The van der Waals surface area contributed by atoms with E-state index in [2.05, 4.69) is 26.1 Å². The summed E-state index contributed by atoms with van der Waals surface area (Å²) in [5, 5.41) is 11.0. The van der Waals surface area contributed by atoms with E-state index in [0.29, 0.717) is 5.92 Å². The number of hydrogen-bond donors (Lipinski definition) is 3. The van der Waals surface area contributed by atoms with Gasteiger partial charge in [0, 0.05) is 24.0 Å². The van der Waals surface area contributed by atoms with E-state index in [-0.39, 0.29) is 28.7 Å². The number of nitrogens with two attached hydrogens (primary N) is 1. The molecule has 5 nitrogen and oxygen atoms in total. The molecule has 0 spiro atoms. The molecule has 0 bridgehead atoms. The molecule has 0 aromatic carbocycles. The second kappa shape index (κ2) is 6.34. The van der Waals surface area contributed by atoms with Gasteiger partial charge in [-0.05, 0) is 39.5 Å². The molecule has 1 saturated heterocycles. The molecule has 1 rings (SSSR count). The van der Waals surface area contributed by atoms with Gasteiger partial charge in [-0.2, -0.15) is 0 Å². The highest BCUT2D eigenvalue weighted by Gasteiger charge is 2.38. The third kappa shape index (κ3) is 5.30. The average molecular weight is 296 g/mol. The summed E-state index contributed by atoms with van der Waals surface area (Å²) in [4.78, 5) is 14.7. The number of rotatable bonds is 3. The summed E-state index contributed by atoms with van der Waals surface area (Å²) >= 11 is 0. The monoisotopic (exact) mass is 296 g/mol. The maximum atomic E-state index is 12.8. The Bertz CT molecular complexity index is 384. The molecule has 1 aliphatic rings. The summed E-state index contributed by atoms with van der Waals surface area (Å²) in [6.45, 7) is 13.8. The predicted octanol–water partition coefficient (Wildman–Crippen LogP) is 1.96. The molecule has 1 heterocycles. The van der Waals surface area contributed by atoms with Gasteiger partial charge in [0.1, 0.15) is 0 Å². The van der Waals surface area contributed by atoms with Gasteiger partial charge in [0.2, 0.25) is 0 Å². The largest absolute Gasteiger partial charge is 0.370 e. The maximum absolute atomic E-state index is 12.8. The fraction of sp³-hybridized carbons (Fsp3) is 0.875. The zero-order chi connectivity index (χ0) is 16.4. The normalized spacial score (nSPS) is 19.4. The van der Waals surface area contributed by atoms with Crippen molar-refractivity contribution in [3.05, 3.63) is 0 Å². The first-order valence-electron chi connectivity index (χ1n) is 7.83. The molecule has 1 atom stereocenters. The molecule has 0 aromatic rings. The van der Waals surface area contributed by atoms with Gasteiger partial charge in [-0.1, -0.05) is 20.8 Å². The van der Waals surface area contributed by atoms with Crippen molar-refractivity contribution in [2.45, 2.75) is 66.0 Å². The highest BCUT2D eigenvalue weighted by Crippen LogP contribution is 2.28. The topological polar surface area (TPSA) is 82.2 Å². The third-order valence-electron chi connectivity index (χ3n) is 3.96. The van der Waals surface area contributed by atoms with Gasteiger partial charge in [0.05, 0.1) is 6.04 Å². The van der Waals surface area contributed by atoms with Gasteiger partial charge in [0.15, 0.2) is 11.7 Å². The molecule has 1 aliphatic heterocycles. The Kier molecular flexibility index (Phi) is 5.42. The number of nitrogens with one attached hydrogen (secondary N) is 2. The number of likely N-dealkylation sites (tertiary alicyclic amines) is 1. The van der Waals surface area contributed by atoms with Gasteiger partial charge in [0.25, 0.3) is 0 Å². The zero-order valence-electron chi connectivity index (χ0n) is 14.4. The first-order chi connectivity index (χ1) is 9.42. The minimum Gasteiger partial charge on any atom is -0.370 e. The fourth-order valence-electron chi connectivity index (χ4n) is 2.80. The van der Waals surface area contributed by atoms with Crippen LogP contribution in [0.5, 0.6) is 0 Å². The summed E-state index contributed by atoms with van der Waals surface area (Å²) in [5.74, 6) is 0.723. The molecule has 0 radical (unpaired) electrons. The Hall–Kier alpha value is -1.10. The Morgan fingerprint density at radius 2 is 1.67 bits per heavy atom. The molecule has 5 heteroatoms. The summed E-state index contributed by atoms with van der Waals surface area (Å²) in [7, 11) is 0. The van der Waals surface area contributed by atoms with Crippen molar-refractivity contribution < 1.29 is 4.79 Å². The number of piperidine rings is 1. The van der Waals surface area contributed by atoms with Crippen molar-refractivity contribution in [3.63, 3.8) is 0 Å². The molecule has 1 fully saturated rings. The second-order valence-corrected chi connectivity index (χ2v) is 8.20. The van der Waals surface area contributed by atoms with E-state index in [0.717, 1.165) is 25.9 Å². The van der Waals surface area contributed by atoms with E-state index in [1.54, 1.807) is 0 Å². The van der Waals surface area contributed by atoms with E-state index in [9.17, 15) is 4.79 Å². The number of carbonyl (C=O) groups is 1. The van der Waals surface area contributed by atoms with E-state index in [4.69, 9.17) is 11.1 Å². The first-order valence-corrected chi connectivity index (χ1v) is 7.83. The molecular formula is C16H32N4O. The van der Waals surface area contributed by atoms with Crippen LogP contribution < -0.4 is 11.1 Å². The lowest BCUT2D eigenvalue weighted by Gasteiger charge is -2.40. The quantitative estimate of drug-likeness (QED) is 0.549. The highest BCUT2D eigenvalue weighted by molar-refractivity contribution is 5.89. The lowest BCUT2D eigenvalue weighted by Crippen LogP contribution is -2.56. The lowest BCUT2D eigenvalue weighted by atomic mass is 9.77. The van der Waals surface area contributed by atoms with Crippen LogP contribution in [0, 0.1) is 16.7 Å². The lowest BCUT2D eigenvalue weighted by molar-refractivity contribution is -0.130. The SMILES string of the molecule is CC(C)(C)N[C@@H](C(=O)C(C)(C)C)C1CCN(C(=N)N)CC1. The summed E-state index contributed by atoms with van der Waals surface area (Å²) < 4.78 is 0. The van der Waals surface area contributed by atoms with Crippen LogP contribution in [0.3, 0.4) is 0 Å². The molecule has 0 aromatic heterocycles. The molecule has 122 valence electrons. The smallest absolute Gasteiger partial charge is 0.188 e. The van der Waals surface area contributed by atoms with Gasteiger partial charge in [-0.15, -0.1) is 0 Å². The summed E-state index contributed by atoms with van der Waals surface area (Å²) in [5.41, 5.74) is 5.11. The Labute approximate surface area is 129 Å².